The van der Waals surface area contributed by atoms with Gasteiger partial charge in [0, 0.05) is 13.0 Å². The van der Waals surface area contributed by atoms with E-state index in [-0.39, 0.29) is 30.8 Å². The molecule has 118 valence electrons. The average Bonchev–Trinajstić information content (AvgIpc) is 2.81. The van der Waals surface area contributed by atoms with E-state index in [4.69, 9.17) is 5.73 Å². The van der Waals surface area contributed by atoms with Crippen LogP contribution < -0.4 is 11.1 Å². The Bertz CT molecular complexity index is 600. The molecule has 3 amide bonds. The Balaban J connectivity index is 2.31. The molecule has 0 aliphatic carbocycles. The highest BCUT2D eigenvalue weighted by Gasteiger charge is 2.44. The molecule has 6 heteroatoms. The predicted octanol–water partition coefficient (Wildman–Crippen LogP) is 0.506. The minimum absolute atomic E-state index is 0.0463. The Morgan fingerprint density at radius 3 is 2.64 bits per heavy atom. The Labute approximate surface area is 129 Å². The van der Waals surface area contributed by atoms with Crippen molar-refractivity contribution in [1.82, 2.24) is 10.2 Å². The summed E-state index contributed by atoms with van der Waals surface area (Å²) < 4.78 is 0. The van der Waals surface area contributed by atoms with Crippen molar-refractivity contribution >= 4 is 17.7 Å². The molecule has 1 aliphatic rings. The number of nitrogens with two attached hydrogens (primary N) is 1. The molecule has 0 unspecified atom stereocenters. The van der Waals surface area contributed by atoms with Crippen LogP contribution in [0, 0.1) is 12.8 Å². The van der Waals surface area contributed by atoms with Crippen LogP contribution >= 0.6 is 0 Å². The SMILES string of the molecule is CCN1C(=O)C[C@@H](C(=O)NCC(N)=O)[C@@H]1c1ccccc1C. The van der Waals surface area contributed by atoms with Gasteiger partial charge in [0.1, 0.15) is 0 Å². The zero-order chi connectivity index (χ0) is 16.3. The molecule has 0 spiro atoms. The fraction of sp³-hybridized carbons (Fsp3) is 0.438. The molecular weight excluding hydrogens is 282 g/mol. The first-order valence-corrected chi connectivity index (χ1v) is 7.36. The maximum absolute atomic E-state index is 12.4. The Morgan fingerprint density at radius 2 is 2.05 bits per heavy atom. The number of rotatable bonds is 5. The van der Waals surface area contributed by atoms with Crippen molar-refractivity contribution in [3.05, 3.63) is 35.4 Å². The topological polar surface area (TPSA) is 92.5 Å². The molecule has 6 nitrogen and oxygen atoms in total. The minimum atomic E-state index is -0.600. The van der Waals surface area contributed by atoms with E-state index in [1.807, 2.05) is 38.1 Å². The van der Waals surface area contributed by atoms with Crippen molar-refractivity contribution in [2.75, 3.05) is 13.1 Å². The van der Waals surface area contributed by atoms with Crippen LogP contribution in [-0.4, -0.2) is 35.7 Å². The van der Waals surface area contributed by atoms with Crippen LogP contribution in [-0.2, 0) is 14.4 Å². The molecule has 1 aromatic carbocycles. The molecule has 1 aromatic rings. The number of benzene rings is 1. The summed E-state index contributed by atoms with van der Waals surface area (Å²) in [5.41, 5.74) is 7.06. The number of hydrogen-bond acceptors (Lipinski definition) is 3. The number of carbonyl (C=O) groups is 3. The second-order valence-corrected chi connectivity index (χ2v) is 5.48. The van der Waals surface area contributed by atoms with E-state index in [2.05, 4.69) is 5.32 Å². The molecule has 0 bridgehead atoms. The Kier molecular flexibility index (Phi) is 4.80. The third kappa shape index (κ3) is 3.10. The summed E-state index contributed by atoms with van der Waals surface area (Å²) in [5, 5.41) is 2.52. The van der Waals surface area contributed by atoms with Crippen LogP contribution in [0.25, 0.3) is 0 Å². The largest absolute Gasteiger partial charge is 0.368 e. The van der Waals surface area contributed by atoms with Crippen LogP contribution in [0.2, 0.25) is 0 Å². The fourth-order valence-corrected chi connectivity index (χ4v) is 3.01. The lowest BCUT2D eigenvalue weighted by Gasteiger charge is -2.28. The smallest absolute Gasteiger partial charge is 0.236 e. The number of amides is 3. The lowest BCUT2D eigenvalue weighted by Crippen LogP contribution is -2.39. The lowest BCUT2D eigenvalue weighted by atomic mass is 9.90. The van der Waals surface area contributed by atoms with Crippen molar-refractivity contribution in [2.45, 2.75) is 26.3 Å². The van der Waals surface area contributed by atoms with Crippen molar-refractivity contribution in [3.63, 3.8) is 0 Å². The zero-order valence-corrected chi connectivity index (χ0v) is 12.8. The number of primary amides is 1. The van der Waals surface area contributed by atoms with E-state index in [0.717, 1.165) is 11.1 Å². The predicted molar refractivity (Wildman–Crippen MR) is 81.6 cm³/mol. The van der Waals surface area contributed by atoms with Gasteiger partial charge in [-0.15, -0.1) is 0 Å². The molecule has 1 fully saturated rings. The molecule has 2 atom stereocenters. The summed E-state index contributed by atoms with van der Waals surface area (Å²) in [6.07, 6.45) is 0.150. The van der Waals surface area contributed by atoms with Crippen LogP contribution in [0.15, 0.2) is 24.3 Å². The van der Waals surface area contributed by atoms with Crippen molar-refractivity contribution in [3.8, 4) is 0 Å². The quantitative estimate of drug-likeness (QED) is 0.830. The number of likely N-dealkylation sites (tertiary alicyclic amines) is 1. The van der Waals surface area contributed by atoms with Gasteiger partial charge in [0.2, 0.25) is 17.7 Å². The van der Waals surface area contributed by atoms with Crippen LogP contribution in [0.1, 0.15) is 30.5 Å². The van der Waals surface area contributed by atoms with E-state index in [1.165, 1.54) is 0 Å². The normalized spacial score (nSPS) is 21.0. The molecule has 0 radical (unpaired) electrons. The molecule has 0 saturated carbocycles. The van der Waals surface area contributed by atoms with Crippen molar-refractivity contribution in [2.24, 2.45) is 11.7 Å². The number of carbonyl (C=O) groups excluding carboxylic acids is 3. The summed E-state index contributed by atoms with van der Waals surface area (Å²) >= 11 is 0. The number of aryl methyl sites for hydroxylation is 1. The van der Waals surface area contributed by atoms with E-state index in [1.54, 1.807) is 4.90 Å². The van der Waals surface area contributed by atoms with Gasteiger partial charge in [-0.05, 0) is 25.0 Å². The standard InChI is InChI=1S/C16H21N3O3/c1-3-19-14(21)8-12(16(22)18-9-13(17)20)15(19)11-7-5-4-6-10(11)2/h4-7,12,15H,3,8-9H2,1-2H3,(H2,17,20)(H,18,22)/t12-,15+/m1/s1. The first-order valence-electron chi connectivity index (χ1n) is 7.36. The average molecular weight is 303 g/mol. The Hall–Kier alpha value is -2.37. The van der Waals surface area contributed by atoms with Gasteiger partial charge < -0.3 is 16.0 Å². The number of nitrogens with zero attached hydrogens (tertiary/aromatic N) is 1. The van der Waals surface area contributed by atoms with Gasteiger partial charge in [-0.2, -0.15) is 0 Å². The third-order valence-corrected chi connectivity index (χ3v) is 4.05. The molecule has 22 heavy (non-hydrogen) atoms. The highest BCUT2D eigenvalue weighted by Crippen LogP contribution is 2.39. The fourth-order valence-electron chi connectivity index (χ4n) is 3.01. The zero-order valence-electron chi connectivity index (χ0n) is 12.8. The van der Waals surface area contributed by atoms with Gasteiger partial charge in [0.05, 0.1) is 18.5 Å². The Morgan fingerprint density at radius 1 is 1.36 bits per heavy atom. The molecule has 1 heterocycles. The number of hydrogen-bond donors (Lipinski definition) is 2. The van der Waals surface area contributed by atoms with E-state index in [9.17, 15) is 14.4 Å². The summed E-state index contributed by atoms with van der Waals surface area (Å²) in [7, 11) is 0. The van der Waals surface area contributed by atoms with Crippen LogP contribution in [0.5, 0.6) is 0 Å². The minimum Gasteiger partial charge on any atom is -0.368 e. The van der Waals surface area contributed by atoms with Crippen molar-refractivity contribution < 1.29 is 14.4 Å². The summed E-state index contributed by atoms with van der Waals surface area (Å²) in [6, 6.07) is 7.43. The van der Waals surface area contributed by atoms with E-state index < -0.39 is 11.8 Å². The molecule has 2 rings (SSSR count). The number of nitrogens with one attached hydrogen (secondary N) is 1. The summed E-state index contributed by atoms with van der Waals surface area (Å²) in [4.78, 5) is 37.1. The van der Waals surface area contributed by atoms with Gasteiger partial charge in [-0.3, -0.25) is 14.4 Å². The highest BCUT2D eigenvalue weighted by atomic mass is 16.2. The van der Waals surface area contributed by atoms with Gasteiger partial charge in [0.15, 0.2) is 0 Å². The molecule has 0 aromatic heterocycles. The third-order valence-electron chi connectivity index (χ3n) is 4.05. The van der Waals surface area contributed by atoms with Gasteiger partial charge in [0.25, 0.3) is 0 Å². The molecule has 3 N–H and O–H groups in total. The molecular formula is C16H21N3O3. The highest BCUT2D eigenvalue weighted by molar-refractivity contribution is 5.92. The van der Waals surface area contributed by atoms with Gasteiger partial charge >= 0.3 is 0 Å². The lowest BCUT2D eigenvalue weighted by molar-refractivity contribution is -0.129. The molecule has 1 saturated heterocycles. The maximum Gasteiger partial charge on any atom is 0.236 e. The summed E-state index contributed by atoms with van der Waals surface area (Å²) in [5.74, 6) is -1.46. The van der Waals surface area contributed by atoms with Crippen LogP contribution in [0.3, 0.4) is 0 Å². The maximum atomic E-state index is 12.4. The first-order chi connectivity index (χ1) is 10.5. The summed E-state index contributed by atoms with van der Waals surface area (Å²) in [6.45, 7) is 4.19. The van der Waals surface area contributed by atoms with E-state index >= 15 is 0 Å². The van der Waals surface area contributed by atoms with Gasteiger partial charge in [-0.25, -0.2) is 0 Å². The monoisotopic (exact) mass is 303 g/mol. The van der Waals surface area contributed by atoms with Crippen molar-refractivity contribution in [1.29, 1.82) is 0 Å². The van der Waals surface area contributed by atoms with Crippen LogP contribution in [0.4, 0.5) is 0 Å². The first kappa shape index (κ1) is 16.0. The second-order valence-electron chi connectivity index (χ2n) is 5.48. The molecule has 1 aliphatic heterocycles. The second kappa shape index (κ2) is 6.60. The van der Waals surface area contributed by atoms with E-state index in [0.29, 0.717) is 6.54 Å². The van der Waals surface area contributed by atoms with Gasteiger partial charge in [-0.1, -0.05) is 24.3 Å².